The molecule has 3 rings (SSSR count). The van der Waals surface area contributed by atoms with E-state index in [1.807, 2.05) is 6.07 Å². The number of hydrogen-bond donors (Lipinski definition) is 1. The molecule has 22 heavy (non-hydrogen) atoms. The molecule has 0 aliphatic carbocycles. The van der Waals surface area contributed by atoms with E-state index in [0.29, 0.717) is 32.3 Å². The lowest BCUT2D eigenvalue weighted by molar-refractivity contribution is -0.385. The van der Waals surface area contributed by atoms with E-state index in [0.717, 1.165) is 17.5 Å². The van der Waals surface area contributed by atoms with Crippen LogP contribution in [0.2, 0.25) is 0 Å². The third-order valence-corrected chi connectivity index (χ3v) is 4.54. The molecule has 7 heteroatoms. The van der Waals surface area contributed by atoms with Crippen LogP contribution in [0.4, 0.5) is 5.69 Å². The van der Waals surface area contributed by atoms with Crippen molar-refractivity contribution in [2.45, 2.75) is 38.0 Å². The predicted molar refractivity (Wildman–Crippen MR) is 78.2 cm³/mol. The molecule has 0 bridgehead atoms. The van der Waals surface area contributed by atoms with E-state index < -0.39 is 5.78 Å². The third kappa shape index (κ3) is 2.65. The highest BCUT2D eigenvalue weighted by Gasteiger charge is 2.34. The molecule has 2 aliphatic rings. The van der Waals surface area contributed by atoms with Crippen molar-refractivity contribution in [1.29, 1.82) is 0 Å². The van der Waals surface area contributed by atoms with Gasteiger partial charge in [0.1, 0.15) is 0 Å². The highest BCUT2D eigenvalue weighted by molar-refractivity contribution is 6.27. The van der Waals surface area contributed by atoms with Crippen LogP contribution in [0.1, 0.15) is 24.0 Å². The minimum atomic E-state index is -0.404. The largest absolute Gasteiger partial charge is 0.306 e. The van der Waals surface area contributed by atoms with Crippen molar-refractivity contribution in [2.24, 2.45) is 0 Å². The molecule has 2 aliphatic heterocycles. The maximum Gasteiger partial charge on any atom is 0.274 e. The normalized spacial score (nSPS) is 24.7. The Morgan fingerprint density at radius 1 is 1.36 bits per heavy atom. The Hall–Kier alpha value is -2.12. The summed E-state index contributed by atoms with van der Waals surface area (Å²) >= 11 is 0. The van der Waals surface area contributed by atoms with Crippen molar-refractivity contribution in [3.05, 3.63) is 39.4 Å². The molecule has 2 heterocycles. The molecule has 1 aromatic rings. The fourth-order valence-corrected chi connectivity index (χ4v) is 3.34. The molecule has 1 fully saturated rings. The van der Waals surface area contributed by atoms with Crippen LogP contribution in [-0.4, -0.2) is 40.5 Å². The number of benzene rings is 1. The molecule has 7 nitrogen and oxygen atoms in total. The summed E-state index contributed by atoms with van der Waals surface area (Å²) < 4.78 is 0. The minimum Gasteiger partial charge on any atom is -0.306 e. The first-order chi connectivity index (χ1) is 10.6. The number of nitrogens with zero attached hydrogens (tertiary/aromatic N) is 2. The summed E-state index contributed by atoms with van der Waals surface area (Å²) in [5, 5.41) is 14.2. The highest BCUT2D eigenvalue weighted by Crippen LogP contribution is 2.33. The molecule has 0 amide bonds. The Kier molecular flexibility index (Phi) is 4.00. The SMILES string of the molecule is O=CC(=O)C1CCC(N2Cc3cccc([N+](=O)[O-])c3C2)CN1. The lowest BCUT2D eigenvalue weighted by Gasteiger charge is -2.34. The second kappa shape index (κ2) is 5.94. The molecular formula is C15H17N3O4. The van der Waals surface area contributed by atoms with Gasteiger partial charge in [-0.05, 0) is 18.4 Å². The molecule has 1 aromatic carbocycles. The molecule has 2 unspecified atom stereocenters. The molecule has 1 N–H and O–H groups in total. The molecule has 116 valence electrons. The van der Waals surface area contributed by atoms with E-state index >= 15 is 0 Å². The molecule has 0 spiro atoms. The number of nitro groups is 1. The molecule has 0 aromatic heterocycles. The van der Waals surface area contributed by atoms with Gasteiger partial charge < -0.3 is 5.32 Å². The molecule has 0 radical (unpaired) electrons. The van der Waals surface area contributed by atoms with Gasteiger partial charge in [-0.25, -0.2) is 0 Å². The summed E-state index contributed by atoms with van der Waals surface area (Å²) in [5.74, 6) is -0.404. The molecule has 0 saturated carbocycles. The average molecular weight is 303 g/mol. The van der Waals surface area contributed by atoms with Crippen LogP contribution in [-0.2, 0) is 22.7 Å². The van der Waals surface area contributed by atoms with Crippen LogP contribution < -0.4 is 5.32 Å². The van der Waals surface area contributed by atoms with Crippen LogP contribution in [0.5, 0.6) is 0 Å². The number of fused-ring (bicyclic) bond motifs is 1. The van der Waals surface area contributed by atoms with Crippen molar-refractivity contribution in [3.63, 3.8) is 0 Å². The number of carbonyl (C=O) groups excluding carboxylic acids is 2. The van der Waals surface area contributed by atoms with E-state index in [2.05, 4.69) is 10.2 Å². The van der Waals surface area contributed by atoms with Gasteiger partial charge in [-0.15, -0.1) is 0 Å². The summed E-state index contributed by atoms with van der Waals surface area (Å²) in [6, 6.07) is 5.03. The average Bonchev–Trinajstić information content (AvgIpc) is 2.98. The number of hydrogen-bond acceptors (Lipinski definition) is 6. The van der Waals surface area contributed by atoms with E-state index in [1.54, 1.807) is 12.1 Å². The number of rotatable bonds is 4. The second-order valence-electron chi connectivity index (χ2n) is 5.79. The van der Waals surface area contributed by atoms with Gasteiger partial charge in [0.25, 0.3) is 5.69 Å². The molecule has 2 atom stereocenters. The van der Waals surface area contributed by atoms with Gasteiger partial charge in [0, 0.05) is 37.3 Å². The molecular weight excluding hydrogens is 286 g/mol. The lowest BCUT2D eigenvalue weighted by atomic mass is 9.97. The number of aldehydes is 1. The smallest absolute Gasteiger partial charge is 0.274 e. The first kappa shape index (κ1) is 14.8. The minimum absolute atomic E-state index is 0.178. The van der Waals surface area contributed by atoms with Crippen molar-refractivity contribution in [3.8, 4) is 0 Å². The van der Waals surface area contributed by atoms with E-state index in [1.165, 1.54) is 0 Å². The summed E-state index contributed by atoms with van der Waals surface area (Å²) in [5.41, 5.74) is 1.97. The Morgan fingerprint density at radius 3 is 2.82 bits per heavy atom. The topological polar surface area (TPSA) is 92.5 Å². The van der Waals surface area contributed by atoms with Gasteiger partial charge in [-0.2, -0.15) is 0 Å². The zero-order valence-corrected chi connectivity index (χ0v) is 12.0. The molecule has 1 saturated heterocycles. The first-order valence-corrected chi connectivity index (χ1v) is 7.31. The maximum absolute atomic E-state index is 11.4. The summed E-state index contributed by atoms with van der Waals surface area (Å²) in [4.78, 5) is 34.9. The Balaban J connectivity index is 1.67. The van der Waals surface area contributed by atoms with Crippen molar-refractivity contribution < 1.29 is 14.5 Å². The van der Waals surface area contributed by atoms with Gasteiger partial charge in [-0.3, -0.25) is 24.6 Å². The summed E-state index contributed by atoms with van der Waals surface area (Å²) in [7, 11) is 0. The Morgan fingerprint density at radius 2 is 2.18 bits per heavy atom. The number of nitro benzene ring substituents is 1. The summed E-state index contributed by atoms with van der Waals surface area (Å²) in [6.45, 7) is 1.87. The standard InChI is InChI=1S/C15H17N3O4/c19-9-15(20)13-5-4-11(6-16-13)17-7-10-2-1-3-14(18(21)22)12(10)8-17/h1-3,9,11,13,16H,4-8H2. The van der Waals surface area contributed by atoms with E-state index in [9.17, 15) is 19.7 Å². The fourth-order valence-electron chi connectivity index (χ4n) is 3.34. The number of carbonyl (C=O) groups is 2. The zero-order chi connectivity index (χ0) is 15.7. The number of ketones is 1. The van der Waals surface area contributed by atoms with Gasteiger partial charge in [-0.1, -0.05) is 12.1 Å². The lowest BCUT2D eigenvalue weighted by Crippen LogP contribution is -2.51. The van der Waals surface area contributed by atoms with Crippen molar-refractivity contribution >= 4 is 17.8 Å². The first-order valence-electron chi connectivity index (χ1n) is 7.31. The van der Waals surface area contributed by atoms with E-state index in [4.69, 9.17) is 0 Å². The number of Topliss-reactive ketones (excluding diaryl/α,β-unsaturated/α-hetero) is 1. The van der Waals surface area contributed by atoms with Crippen LogP contribution >= 0.6 is 0 Å². The maximum atomic E-state index is 11.4. The third-order valence-electron chi connectivity index (χ3n) is 4.54. The van der Waals surface area contributed by atoms with Crippen molar-refractivity contribution in [1.82, 2.24) is 10.2 Å². The van der Waals surface area contributed by atoms with Crippen molar-refractivity contribution in [2.75, 3.05) is 6.54 Å². The van der Waals surface area contributed by atoms with Crippen LogP contribution in [0, 0.1) is 10.1 Å². The zero-order valence-electron chi connectivity index (χ0n) is 12.0. The quantitative estimate of drug-likeness (QED) is 0.383. The monoisotopic (exact) mass is 303 g/mol. The van der Waals surface area contributed by atoms with Crippen LogP contribution in [0.25, 0.3) is 0 Å². The van der Waals surface area contributed by atoms with Gasteiger partial charge in [0.15, 0.2) is 6.29 Å². The predicted octanol–water partition coefficient (Wildman–Crippen LogP) is 0.799. The van der Waals surface area contributed by atoms with Crippen LogP contribution in [0.15, 0.2) is 18.2 Å². The fraction of sp³-hybridized carbons (Fsp3) is 0.467. The summed E-state index contributed by atoms with van der Waals surface area (Å²) in [6.07, 6.45) is 1.79. The van der Waals surface area contributed by atoms with E-state index in [-0.39, 0.29) is 22.7 Å². The second-order valence-corrected chi connectivity index (χ2v) is 5.79. The highest BCUT2D eigenvalue weighted by atomic mass is 16.6. The Labute approximate surface area is 127 Å². The van der Waals surface area contributed by atoms with Gasteiger partial charge in [0.2, 0.25) is 5.78 Å². The van der Waals surface area contributed by atoms with Crippen LogP contribution in [0.3, 0.4) is 0 Å². The Bertz CT molecular complexity index is 623. The van der Waals surface area contributed by atoms with Gasteiger partial charge >= 0.3 is 0 Å². The number of nitrogens with one attached hydrogen (secondary N) is 1. The number of piperidine rings is 1. The van der Waals surface area contributed by atoms with Gasteiger partial charge in [0.05, 0.1) is 11.0 Å².